The van der Waals surface area contributed by atoms with Crippen molar-refractivity contribution in [2.45, 2.75) is 18.9 Å². The van der Waals surface area contributed by atoms with Crippen LogP contribution in [0.4, 0.5) is 0 Å². The summed E-state index contributed by atoms with van der Waals surface area (Å²) in [6.45, 7) is 0. The number of hydrogen-bond donors (Lipinski definition) is 1. The SMILES string of the molecule is O=C(Cc1ccccc1Br)NC1CCS(=O)(=O)C1. The largest absolute Gasteiger partial charge is 0.352 e. The third kappa shape index (κ3) is 3.55. The Morgan fingerprint density at radius 3 is 2.72 bits per heavy atom. The number of carbonyl (C=O) groups excluding carboxylic acids is 1. The third-order valence-electron chi connectivity index (χ3n) is 2.91. The summed E-state index contributed by atoms with van der Waals surface area (Å²) < 4.78 is 23.4. The summed E-state index contributed by atoms with van der Waals surface area (Å²) >= 11 is 3.38. The van der Waals surface area contributed by atoms with Crippen molar-refractivity contribution in [1.29, 1.82) is 0 Å². The van der Waals surface area contributed by atoms with E-state index in [1.807, 2.05) is 24.3 Å². The maximum atomic E-state index is 11.8. The fourth-order valence-corrected chi connectivity index (χ4v) is 4.10. The van der Waals surface area contributed by atoms with Crippen LogP contribution in [0.15, 0.2) is 28.7 Å². The molecule has 0 bridgehead atoms. The van der Waals surface area contributed by atoms with Gasteiger partial charge in [-0.3, -0.25) is 4.79 Å². The van der Waals surface area contributed by atoms with Gasteiger partial charge in [-0.25, -0.2) is 8.42 Å². The number of rotatable bonds is 3. The molecular formula is C12H14BrNO3S. The minimum atomic E-state index is -2.95. The van der Waals surface area contributed by atoms with Gasteiger partial charge in [-0.15, -0.1) is 0 Å². The van der Waals surface area contributed by atoms with E-state index in [0.29, 0.717) is 6.42 Å². The van der Waals surface area contributed by atoms with Gasteiger partial charge >= 0.3 is 0 Å². The Morgan fingerprint density at radius 1 is 1.39 bits per heavy atom. The molecule has 0 radical (unpaired) electrons. The Morgan fingerprint density at radius 2 is 2.11 bits per heavy atom. The second kappa shape index (κ2) is 5.40. The fourth-order valence-electron chi connectivity index (χ4n) is 2.00. The van der Waals surface area contributed by atoms with Crippen LogP contribution >= 0.6 is 15.9 Å². The van der Waals surface area contributed by atoms with Gasteiger partial charge in [-0.05, 0) is 18.1 Å². The molecule has 98 valence electrons. The summed E-state index contributed by atoms with van der Waals surface area (Å²) in [5, 5.41) is 2.77. The van der Waals surface area contributed by atoms with Crippen molar-refractivity contribution in [1.82, 2.24) is 5.32 Å². The number of carbonyl (C=O) groups is 1. The zero-order valence-corrected chi connectivity index (χ0v) is 12.1. The first-order valence-corrected chi connectivity index (χ1v) is 8.31. The molecule has 1 unspecified atom stereocenters. The van der Waals surface area contributed by atoms with Crippen molar-refractivity contribution < 1.29 is 13.2 Å². The lowest BCUT2D eigenvalue weighted by atomic mass is 10.1. The molecule has 1 aliphatic heterocycles. The molecule has 6 heteroatoms. The maximum absolute atomic E-state index is 11.8. The standard InChI is InChI=1S/C12H14BrNO3S/c13-11-4-2-1-3-9(11)7-12(15)14-10-5-6-18(16,17)8-10/h1-4,10H,5-8H2,(H,14,15). The molecule has 4 nitrogen and oxygen atoms in total. The summed E-state index contributed by atoms with van der Waals surface area (Å²) in [6, 6.07) is 7.27. The average Bonchev–Trinajstić information content (AvgIpc) is 2.61. The second-order valence-corrected chi connectivity index (χ2v) is 7.52. The first kappa shape index (κ1) is 13.5. The number of benzene rings is 1. The molecule has 18 heavy (non-hydrogen) atoms. The Labute approximate surface area is 115 Å². The molecule has 0 saturated carbocycles. The number of nitrogens with one attached hydrogen (secondary N) is 1. The summed E-state index contributed by atoms with van der Waals surface area (Å²) in [5.41, 5.74) is 0.899. The maximum Gasteiger partial charge on any atom is 0.224 e. The quantitative estimate of drug-likeness (QED) is 0.907. The van der Waals surface area contributed by atoms with Crippen molar-refractivity contribution in [3.05, 3.63) is 34.3 Å². The average molecular weight is 332 g/mol. The molecule has 2 rings (SSSR count). The van der Waals surface area contributed by atoms with Crippen molar-refractivity contribution in [3.63, 3.8) is 0 Å². The monoisotopic (exact) mass is 331 g/mol. The number of halogens is 1. The lowest BCUT2D eigenvalue weighted by molar-refractivity contribution is -0.121. The molecule has 1 saturated heterocycles. The molecule has 1 atom stereocenters. The van der Waals surface area contributed by atoms with Gasteiger partial charge in [-0.1, -0.05) is 34.1 Å². The molecule has 1 aromatic carbocycles. The van der Waals surface area contributed by atoms with E-state index >= 15 is 0 Å². The number of sulfone groups is 1. The molecular weight excluding hydrogens is 318 g/mol. The molecule has 1 aromatic rings. The van der Waals surface area contributed by atoms with E-state index in [0.717, 1.165) is 10.0 Å². The van der Waals surface area contributed by atoms with Crippen molar-refractivity contribution in [2.24, 2.45) is 0 Å². The van der Waals surface area contributed by atoms with Gasteiger partial charge in [0.15, 0.2) is 9.84 Å². The van der Waals surface area contributed by atoms with Gasteiger partial charge in [0.05, 0.1) is 17.9 Å². The molecule has 1 aliphatic rings. The van der Waals surface area contributed by atoms with Crippen LogP contribution in [0.5, 0.6) is 0 Å². The normalized spacial score (nSPS) is 21.7. The van der Waals surface area contributed by atoms with E-state index in [2.05, 4.69) is 21.2 Å². The smallest absolute Gasteiger partial charge is 0.224 e. The molecule has 0 spiro atoms. The lowest BCUT2D eigenvalue weighted by Crippen LogP contribution is -2.36. The topological polar surface area (TPSA) is 63.2 Å². The van der Waals surface area contributed by atoms with E-state index in [1.54, 1.807) is 0 Å². The first-order valence-electron chi connectivity index (χ1n) is 5.69. The van der Waals surface area contributed by atoms with E-state index in [1.165, 1.54) is 0 Å². The second-order valence-electron chi connectivity index (χ2n) is 4.44. The Balaban J connectivity index is 1.92. The van der Waals surface area contributed by atoms with Gasteiger partial charge in [0.1, 0.15) is 0 Å². The molecule has 0 aromatic heterocycles. The van der Waals surface area contributed by atoms with Gasteiger partial charge in [0.2, 0.25) is 5.91 Å². The van der Waals surface area contributed by atoms with Crippen LogP contribution in [-0.2, 0) is 21.1 Å². The third-order valence-corrected chi connectivity index (χ3v) is 5.45. The van der Waals surface area contributed by atoms with Crippen molar-refractivity contribution >= 4 is 31.7 Å². The highest BCUT2D eigenvalue weighted by molar-refractivity contribution is 9.10. The van der Waals surface area contributed by atoms with Crippen LogP contribution in [0.1, 0.15) is 12.0 Å². The Kier molecular flexibility index (Phi) is 4.07. The molecule has 1 amide bonds. The van der Waals surface area contributed by atoms with Crippen LogP contribution in [0.25, 0.3) is 0 Å². The minimum Gasteiger partial charge on any atom is -0.352 e. The van der Waals surface area contributed by atoms with Gasteiger partial charge in [0, 0.05) is 10.5 Å². The van der Waals surface area contributed by atoms with Crippen LogP contribution < -0.4 is 5.32 Å². The van der Waals surface area contributed by atoms with E-state index in [-0.39, 0.29) is 29.9 Å². The van der Waals surface area contributed by atoms with Gasteiger partial charge in [-0.2, -0.15) is 0 Å². The number of amides is 1. The Bertz CT molecular complexity index is 556. The predicted octanol–water partition coefficient (Wildman–Crippen LogP) is 1.29. The zero-order valence-electron chi connectivity index (χ0n) is 9.73. The van der Waals surface area contributed by atoms with Gasteiger partial charge < -0.3 is 5.32 Å². The summed E-state index contributed by atoms with van der Waals surface area (Å²) in [6.07, 6.45) is 0.780. The highest BCUT2D eigenvalue weighted by Gasteiger charge is 2.28. The van der Waals surface area contributed by atoms with E-state index in [9.17, 15) is 13.2 Å². The van der Waals surface area contributed by atoms with Crippen LogP contribution in [0, 0.1) is 0 Å². The van der Waals surface area contributed by atoms with E-state index in [4.69, 9.17) is 0 Å². The highest BCUT2D eigenvalue weighted by Crippen LogP contribution is 2.17. The number of hydrogen-bond acceptors (Lipinski definition) is 3. The van der Waals surface area contributed by atoms with E-state index < -0.39 is 9.84 Å². The van der Waals surface area contributed by atoms with Gasteiger partial charge in [0.25, 0.3) is 0 Å². The first-order chi connectivity index (χ1) is 8.46. The summed E-state index contributed by atoms with van der Waals surface area (Å²) in [4.78, 5) is 11.8. The summed E-state index contributed by atoms with van der Waals surface area (Å²) in [5.74, 6) is 0.103. The minimum absolute atomic E-state index is 0.0642. The Hall–Kier alpha value is -0.880. The highest BCUT2D eigenvalue weighted by atomic mass is 79.9. The molecule has 0 aliphatic carbocycles. The van der Waals surface area contributed by atoms with Crippen LogP contribution in [0.2, 0.25) is 0 Å². The van der Waals surface area contributed by atoms with Crippen LogP contribution in [-0.4, -0.2) is 31.9 Å². The molecule has 1 heterocycles. The summed E-state index contributed by atoms with van der Waals surface area (Å²) in [7, 11) is -2.95. The fraction of sp³-hybridized carbons (Fsp3) is 0.417. The van der Waals surface area contributed by atoms with Crippen molar-refractivity contribution in [2.75, 3.05) is 11.5 Å². The molecule has 1 fully saturated rings. The predicted molar refractivity (Wildman–Crippen MR) is 73.0 cm³/mol. The van der Waals surface area contributed by atoms with Crippen molar-refractivity contribution in [3.8, 4) is 0 Å². The zero-order chi connectivity index (χ0) is 13.2. The lowest BCUT2D eigenvalue weighted by Gasteiger charge is -2.11. The van der Waals surface area contributed by atoms with Crippen LogP contribution in [0.3, 0.4) is 0 Å². The molecule has 1 N–H and O–H groups in total.